The van der Waals surface area contributed by atoms with E-state index in [0.29, 0.717) is 0 Å². The number of non-ortho nitro benzene ring substituents is 2. The molecule has 0 spiro atoms. The van der Waals surface area contributed by atoms with E-state index >= 15 is 0 Å². The first-order chi connectivity index (χ1) is 6.91. The van der Waals surface area contributed by atoms with Crippen molar-refractivity contribution in [3.63, 3.8) is 0 Å². The smallest absolute Gasteiger partial charge is 0.277 e. The number of nitro groups is 2. The van der Waals surface area contributed by atoms with Crippen LogP contribution in [0.25, 0.3) is 0 Å². The van der Waals surface area contributed by atoms with Crippen LogP contribution in [0.1, 0.15) is 0 Å². The molecule has 9 heteroatoms. The van der Waals surface area contributed by atoms with Gasteiger partial charge in [-0.25, -0.2) is 4.21 Å². The normalized spacial score (nSPS) is 12.1. The SMILES string of the molecule is O=[N+]([O-])c1cc([N+](=O)[O-])cc(S(=O)O)c1. The molecule has 1 unspecified atom stereocenters. The molecule has 0 fully saturated rings. The van der Waals surface area contributed by atoms with Crippen LogP contribution in [-0.2, 0) is 11.1 Å². The fourth-order valence-corrected chi connectivity index (χ4v) is 1.32. The third-order valence-electron chi connectivity index (χ3n) is 1.50. The molecule has 0 amide bonds. The second-order valence-electron chi connectivity index (χ2n) is 2.45. The van der Waals surface area contributed by atoms with Crippen LogP contribution in [-0.4, -0.2) is 18.6 Å². The quantitative estimate of drug-likeness (QED) is 0.472. The molecular formula is C6H4N2O6S. The van der Waals surface area contributed by atoms with E-state index in [1.807, 2.05) is 0 Å². The van der Waals surface area contributed by atoms with Crippen LogP contribution >= 0.6 is 0 Å². The van der Waals surface area contributed by atoms with E-state index in [1.54, 1.807) is 0 Å². The number of rotatable bonds is 3. The number of nitro benzene ring substituents is 2. The summed E-state index contributed by atoms with van der Waals surface area (Å²) in [5.41, 5.74) is -1.19. The molecule has 15 heavy (non-hydrogen) atoms. The third-order valence-corrected chi connectivity index (χ3v) is 2.14. The van der Waals surface area contributed by atoms with E-state index in [-0.39, 0.29) is 4.90 Å². The molecule has 1 atom stereocenters. The third kappa shape index (κ3) is 2.54. The lowest BCUT2D eigenvalue weighted by molar-refractivity contribution is -0.394. The van der Waals surface area contributed by atoms with Gasteiger partial charge in [-0.3, -0.25) is 20.2 Å². The van der Waals surface area contributed by atoms with Crippen LogP contribution in [0.3, 0.4) is 0 Å². The summed E-state index contributed by atoms with van der Waals surface area (Å²) in [6, 6.07) is 2.34. The van der Waals surface area contributed by atoms with Gasteiger partial charge in [-0.15, -0.1) is 0 Å². The fourth-order valence-electron chi connectivity index (χ4n) is 0.880. The first-order valence-electron chi connectivity index (χ1n) is 3.46. The first kappa shape index (κ1) is 11.2. The topological polar surface area (TPSA) is 124 Å². The van der Waals surface area contributed by atoms with E-state index in [9.17, 15) is 24.4 Å². The Morgan fingerprint density at radius 1 is 1.07 bits per heavy atom. The van der Waals surface area contributed by atoms with Crippen LogP contribution in [0.4, 0.5) is 11.4 Å². The average Bonchev–Trinajstić information content (AvgIpc) is 2.16. The Morgan fingerprint density at radius 3 is 1.73 bits per heavy atom. The van der Waals surface area contributed by atoms with Gasteiger partial charge in [0, 0.05) is 12.1 Å². The lowest BCUT2D eigenvalue weighted by atomic mass is 10.3. The van der Waals surface area contributed by atoms with Crippen molar-refractivity contribution in [2.45, 2.75) is 4.90 Å². The Labute approximate surface area is 85.1 Å². The molecule has 0 saturated carbocycles. The Hall–Kier alpha value is -1.87. The van der Waals surface area contributed by atoms with Gasteiger partial charge in [-0.2, -0.15) is 0 Å². The van der Waals surface area contributed by atoms with Crippen molar-refractivity contribution in [2.24, 2.45) is 0 Å². The molecule has 0 heterocycles. The van der Waals surface area contributed by atoms with Crippen LogP contribution in [0.2, 0.25) is 0 Å². The number of benzene rings is 1. The molecule has 0 saturated heterocycles. The van der Waals surface area contributed by atoms with Gasteiger partial charge in [0.2, 0.25) is 0 Å². The molecule has 0 bridgehead atoms. The van der Waals surface area contributed by atoms with E-state index in [4.69, 9.17) is 4.55 Å². The second-order valence-corrected chi connectivity index (χ2v) is 3.42. The summed E-state index contributed by atoms with van der Waals surface area (Å²) in [6.07, 6.45) is 0. The summed E-state index contributed by atoms with van der Waals surface area (Å²) in [6.45, 7) is 0. The highest BCUT2D eigenvalue weighted by atomic mass is 32.2. The van der Waals surface area contributed by atoms with Crippen molar-refractivity contribution in [3.05, 3.63) is 38.4 Å². The Balaban J connectivity index is 3.39. The number of hydrogen-bond acceptors (Lipinski definition) is 5. The zero-order chi connectivity index (χ0) is 11.6. The van der Waals surface area contributed by atoms with E-state index in [1.165, 1.54) is 0 Å². The molecule has 1 aromatic rings. The summed E-state index contributed by atoms with van der Waals surface area (Å²) in [5.74, 6) is 0. The standard InChI is InChI=1S/C6H4N2O6S/c9-7(10)4-1-5(8(11)12)3-6(2-4)15(13)14/h1-3H,(H,13,14). The molecule has 0 aromatic heterocycles. The molecule has 0 aliphatic heterocycles. The maximum absolute atomic E-state index is 10.6. The molecule has 1 aromatic carbocycles. The Kier molecular flexibility index (Phi) is 3.07. The number of hydrogen-bond donors (Lipinski definition) is 1. The van der Waals surface area contributed by atoms with Gasteiger partial charge in [0.25, 0.3) is 11.4 Å². The lowest BCUT2D eigenvalue weighted by Gasteiger charge is -1.96. The molecule has 1 rings (SSSR count). The zero-order valence-corrected chi connectivity index (χ0v) is 7.84. The maximum Gasteiger partial charge on any atom is 0.277 e. The minimum atomic E-state index is -2.49. The van der Waals surface area contributed by atoms with Crippen LogP contribution in [0, 0.1) is 20.2 Å². The van der Waals surface area contributed by atoms with E-state index in [2.05, 4.69) is 0 Å². The van der Waals surface area contributed by atoms with Crippen LogP contribution in [0.5, 0.6) is 0 Å². The molecule has 0 aliphatic rings. The van der Waals surface area contributed by atoms with Gasteiger partial charge in [-0.05, 0) is 0 Å². The Morgan fingerprint density at radius 2 is 1.47 bits per heavy atom. The summed E-state index contributed by atoms with van der Waals surface area (Å²) in [5, 5.41) is 20.7. The number of nitrogens with zero attached hydrogens (tertiary/aromatic N) is 2. The molecule has 80 valence electrons. The van der Waals surface area contributed by atoms with Crippen molar-refractivity contribution in [3.8, 4) is 0 Å². The molecule has 8 nitrogen and oxygen atoms in total. The highest BCUT2D eigenvalue weighted by Crippen LogP contribution is 2.23. The highest BCUT2D eigenvalue weighted by molar-refractivity contribution is 7.79. The second kappa shape index (κ2) is 4.11. The van der Waals surface area contributed by atoms with Crippen molar-refractivity contribution in [1.82, 2.24) is 0 Å². The van der Waals surface area contributed by atoms with Gasteiger partial charge >= 0.3 is 0 Å². The van der Waals surface area contributed by atoms with Crippen molar-refractivity contribution in [2.75, 3.05) is 0 Å². The molecule has 0 radical (unpaired) electrons. The van der Waals surface area contributed by atoms with Crippen LogP contribution < -0.4 is 0 Å². The largest absolute Gasteiger partial charge is 0.302 e. The van der Waals surface area contributed by atoms with Gasteiger partial charge in [0.05, 0.1) is 20.8 Å². The molecule has 1 N–H and O–H groups in total. The molecular weight excluding hydrogens is 228 g/mol. The van der Waals surface area contributed by atoms with Gasteiger partial charge in [0.1, 0.15) is 0 Å². The van der Waals surface area contributed by atoms with Crippen molar-refractivity contribution < 1.29 is 18.6 Å². The molecule has 0 aliphatic carbocycles. The predicted octanol–water partition coefficient (Wildman–Crippen LogP) is 1.08. The summed E-state index contributed by atoms with van der Waals surface area (Å²) < 4.78 is 19.3. The fraction of sp³-hybridized carbons (Fsp3) is 0. The predicted molar refractivity (Wildman–Crippen MR) is 48.8 cm³/mol. The zero-order valence-electron chi connectivity index (χ0n) is 7.02. The van der Waals surface area contributed by atoms with Crippen molar-refractivity contribution >= 4 is 22.5 Å². The van der Waals surface area contributed by atoms with Gasteiger partial charge in [-0.1, -0.05) is 0 Å². The van der Waals surface area contributed by atoms with Gasteiger partial charge in [0.15, 0.2) is 11.1 Å². The maximum atomic E-state index is 10.6. The summed E-state index contributed by atoms with van der Waals surface area (Å²) in [4.78, 5) is 18.6. The highest BCUT2D eigenvalue weighted by Gasteiger charge is 2.18. The Bertz CT molecular complexity index is 380. The van der Waals surface area contributed by atoms with Crippen LogP contribution in [0.15, 0.2) is 23.1 Å². The minimum absolute atomic E-state index is 0.379. The minimum Gasteiger partial charge on any atom is -0.302 e. The van der Waals surface area contributed by atoms with E-state index < -0.39 is 32.3 Å². The monoisotopic (exact) mass is 232 g/mol. The van der Waals surface area contributed by atoms with Gasteiger partial charge < -0.3 is 4.55 Å². The van der Waals surface area contributed by atoms with Crippen molar-refractivity contribution in [1.29, 1.82) is 0 Å². The first-order valence-corrected chi connectivity index (χ1v) is 4.57. The summed E-state index contributed by atoms with van der Waals surface area (Å²) >= 11 is -2.49. The summed E-state index contributed by atoms with van der Waals surface area (Å²) in [7, 11) is 0. The lowest BCUT2D eigenvalue weighted by Crippen LogP contribution is -1.96. The average molecular weight is 232 g/mol. The van der Waals surface area contributed by atoms with E-state index in [0.717, 1.165) is 18.2 Å².